The van der Waals surface area contributed by atoms with Crippen LogP contribution in [0.4, 0.5) is 0 Å². The van der Waals surface area contributed by atoms with E-state index in [-0.39, 0.29) is 17.8 Å². The van der Waals surface area contributed by atoms with Crippen LogP contribution in [0.15, 0.2) is 48.5 Å². The molecule has 4 nitrogen and oxygen atoms in total. The number of piperidine rings is 1. The van der Waals surface area contributed by atoms with Crippen molar-refractivity contribution in [2.24, 2.45) is 5.92 Å². The average molecular weight is 386 g/mol. The minimum atomic E-state index is -0.217. The molecule has 0 N–H and O–H groups in total. The van der Waals surface area contributed by atoms with Crippen LogP contribution in [0.3, 0.4) is 0 Å². The molecule has 3 rings (SSSR count). The Bertz CT molecular complexity index is 791. The highest BCUT2D eigenvalue weighted by Crippen LogP contribution is 2.24. The van der Waals surface area contributed by atoms with E-state index in [0.29, 0.717) is 48.2 Å². The highest BCUT2D eigenvalue weighted by molar-refractivity contribution is 6.30. The normalized spacial score (nSPS) is 15.0. The van der Waals surface area contributed by atoms with Gasteiger partial charge in [-0.1, -0.05) is 37.6 Å². The molecule has 27 heavy (non-hydrogen) atoms. The van der Waals surface area contributed by atoms with Crippen molar-refractivity contribution in [2.75, 3.05) is 13.1 Å². The maximum Gasteiger partial charge on any atom is 0.314 e. The van der Waals surface area contributed by atoms with E-state index in [9.17, 15) is 9.59 Å². The van der Waals surface area contributed by atoms with Crippen LogP contribution >= 0.6 is 11.6 Å². The SMILES string of the molecule is CC(C)c1ccc(OC(=O)C2CCN(C(=O)c3ccc(Cl)cc3)CC2)cc1. The Balaban J connectivity index is 1.53. The number of ether oxygens (including phenoxy) is 1. The van der Waals surface area contributed by atoms with Gasteiger partial charge in [0.1, 0.15) is 5.75 Å². The van der Waals surface area contributed by atoms with Gasteiger partial charge in [-0.05, 0) is 60.7 Å². The summed E-state index contributed by atoms with van der Waals surface area (Å²) < 4.78 is 5.53. The third-order valence-corrected chi connectivity index (χ3v) is 5.22. The summed E-state index contributed by atoms with van der Waals surface area (Å²) in [7, 11) is 0. The van der Waals surface area contributed by atoms with Gasteiger partial charge in [-0.15, -0.1) is 0 Å². The van der Waals surface area contributed by atoms with Crippen molar-refractivity contribution in [2.45, 2.75) is 32.6 Å². The predicted molar refractivity (Wildman–Crippen MR) is 106 cm³/mol. The number of likely N-dealkylation sites (tertiary alicyclic amines) is 1. The summed E-state index contributed by atoms with van der Waals surface area (Å²) in [6.07, 6.45) is 1.23. The van der Waals surface area contributed by atoms with Gasteiger partial charge in [0.2, 0.25) is 0 Å². The number of nitrogens with zero attached hydrogens (tertiary/aromatic N) is 1. The molecule has 0 saturated carbocycles. The smallest absolute Gasteiger partial charge is 0.314 e. The van der Waals surface area contributed by atoms with Crippen molar-refractivity contribution in [3.05, 3.63) is 64.7 Å². The van der Waals surface area contributed by atoms with Gasteiger partial charge >= 0.3 is 5.97 Å². The molecule has 1 saturated heterocycles. The number of hydrogen-bond donors (Lipinski definition) is 0. The van der Waals surface area contributed by atoms with Crippen molar-refractivity contribution < 1.29 is 14.3 Å². The standard InChI is InChI=1S/C22H24ClNO3/c1-15(2)16-5-9-20(10-6-16)27-22(26)18-11-13-24(14-12-18)21(25)17-3-7-19(23)8-4-17/h3-10,15,18H,11-14H2,1-2H3. The summed E-state index contributed by atoms with van der Waals surface area (Å²) in [5.74, 6) is 0.596. The van der Waals surface area contributed by atoms with Crippen LogP contribution in [0.25, 0.3) is 0 Å². The van der Waals surface area contributed by atoms with Gasteiger partial charge in [0.15, 0.2) is 0 Å². The monoisotopic (exact) mass is 385 g/mol. The Morgan fingerprint density at radius 3 is 2.15 bits per heavy atom. The first-order valence-electron chi connectivity index (χ1n) is 9.30. The Hall–Kier alpha value is -2.33. The second kappa shape index (κ2) is 8.57. The van der Waals surface area contributed by atoms with Crippen molar-refractivity contribution >= 4 is 23.5 Å². The lowest BCUT2D eigenvalue weighted by Gasteiger charge is -2.31. The lowest BCUT2D eigenvalue weighted by Crippen LogP contribution is -2.41. The summed E-state index contributed by atoms with van der Waals surface area (Å²) in [5.41, 5.74) is 1.83. The number of hydrogen-bond acceptors (Lipinski definition) is 3. The van der Waals surface area contributed by atoms with Gasteiger partial charge < -0.3 is 9.64 Å². The first kappa shape index (κ1) is 19.4. The fourth-order valence-corrected chi connectivity index (χ4v) is 3.34. The van der Waals surface area contributed by atoms with Crippen molar-refractivity contribution in [1.29, 1.82) is 0 Å². The van der Waals surface area contributed by atoms with E-state index in [0.717, 1.165) is 0 Å². The van der Waals surface area contributed by atoms with Crippen molar-refractivity contribution in [1.82, 2.24) is 4.90 Å². The van der Waals surface area contributed by atoms with Gasteiger partial charge in [-0.3, -0.25) is 9.59 Å². The number of carbonyl (C=O) groups excluding carboxylic acids is 2. The average Bonchev–Trinajstić information content (AvgIpc) is 2.68. The number of amides is 1. The van der Waals surface area contributed by atoms with E-state index >= 15 is 0 Å². The third kappa shape index (κ3) is 4.89. The minimum Gasteiger partial charge on any atom is -0.426 e. The lowest BCUT2D eigenvalue weighted by atomic mass is 9.96. The Morgan fingerprint density at radius 1 is 1.00 bits per heavy atom. The fraction of sp³-hybridized carbons (Fsp3) is 0.364. The molecule has 1 aliphatic heterocycles. The van der Waals surface area contributed by atoms with Gasteiger partial charge in [0.05, 0.1) is 5.92 Å². The van der Waals surface area contributed by atoms with Crippen LogP contribution < -0.4 is 4.74 Å². The molecular weight excluding hydrogens is 362 g/mol. The van der Waals surface area contributed by atoms with E-state index < -0.39 is 0 Å². The predicted octanol–water partition coefficient (Wildman–Crippen LogP) is 4.92. The maximum atomic E-state index is 12.5. The van der Waals surface area contributed by atoms with Crippen LogP contribution in [0, 0.1) is 5.92 Å². The summed E-state index contributed by atoms with van der Waals surface area (Å²) in [6.45, 7) is 5.35. The van der Waals surface area contributed by atoms with E-state index in [1.165, 1.54) is 5.56 Å². The summed E-state index contributed by atoms with van der Waals surface area (Å²) in [5, 5.41) is 0.606. The zero-order valence-corrected chi connectivity index (χ0v) is 16.4. The molecular formula is C22H24ClNO3. The lowest BCUT2D eigenvalue weighted by molar-refractivity contribution is -0.140. The number of carbonyl (C=O) groups is 2. The molecule has 2 aromatic rings. The Morgan fingerprint density at radius 2 is 1.59 bits per heavy atom. The van der Waals surface area contributed by atoms with Crippen LogP contribution in [-0.2, 0) is 4.79 Å². The molecule has 0 aliphatic carbocycles. The molecule has 0 atom stereocenters. The second-order valence-electron chi connectivity index (χ2n) is 7.22. The molecule has 0 spiro atoms. The first-order chi connectivity index (χ1) is 12.9. The highest BCUT2D eigenvalue weighted by Gasteiger charge is 2.29. The van der Waals surface area contributed by atoms with Crippen LogP contribution in [0.1, 0.15) is 48.5 Å². The van der Waals surface area contributed by atoms with Crippen LogP contribution in [-0.4, -0.2) is 29.9 Å². The summed E-state index contributed by atoms with van der Waals surface area (Å²) in [6, 6.07) is 14.5. The molecule has 1 aliphatic rings. The second-order valence-corrected chi connectivity index (χ2v) is 7.65. The zero-order valence-electron chi connectivity index (χ0n) is 15.7. The van der Waals surface area contributed by atoms with Crippen LogP contribution in [0.2, 0.25) is 5.02 Å². The Kier molecular flexibility index (Phi) is 6.17. The third-order valence-electron chi connectivity index (χ3n) is 4.97. The molecule has 0 aromatic heterocycles. The molecule has 1 heterocycles. The Labute approximate surface area is 165 Å². The maximum absolute atomic E-state index is 12.5. The summed E-state index contributed by atoms with van der Waals surface area (Å²) in [4.78, 5) is 26.7. The molecule has 2 aromatic carbocycles. The van der Waals surface area contributed by atoms with Crippen molar-refractivity contribution in [3.63, 3.8) is 0 Å². The number of rotatable bonds is 4. The zero-order chi connectivity index (χ0) is 19.4. The van der Waals surface area contributed by atoms with E-state index in [4.69, 9.17) is 16.3 Å². The highest BCUT2D eigenvalue weighted by atomic mass is 35.5. The quantitative estimate of drug-likeness (QED) is 0.554. The van der Waals surface area contributed by atoms with Crippen molar-refractivity contribution in [3.8, 4) is 5.75 Å². The molecule has 0 unspecified atom stereocenters. The topological polar surface area (TPSA) is 46.6 Å². The number of halogens is 1. The molecule has 142 valence electrons. The molecule has 5 heteroatoms. The summed E-state index contributed by atoms with van der Waals surface area (Å²) >= 11 is 5.87. The van der Waals surface area contributed by atoms with Gasteiger partial charge in [0, 0.05) is 23.7 Å². The first-order valence-corrected chi connectivity index (χ1v) is 9.68. The minimum absolute atomic E-state index is 0.0252. The molecule has 0 radical (unpaired) electrons. The van der Waals surface area contributed by atoms with Crippen LogP contribution in [0.5, 0.6) is 5.75 Å². The van der Waals surface area contributed by atoms with E-state index in [2.05, 4.69) is 13.8 Å². The van der Waals surface area contributed by atoms with Gasteiger partial charge in [-0.2, -0.15) is 0 Å². The largest absolute Gasteiger partial charge is 0.426 e. The molecule has 1 fully saturated rings. The molecule has 0 bridgehead atoms. The fourth-order valence-electron chi connectivity index (χ4n) is 3.21. The molecule has 1 amide bonds. The van der Waals surface area contributed by atoms with Gasteiger partial charge in [-0.25, -0.2) is 0 Å². The van der Waals surface area contributed by atoms with Gasteiger partial charge in [0.25, 0.3) is 5.91 Å². The number of esters is 1. The van der Waals surface area contributed by atoms with E-state index in [1.54, 1.807) is 29.2 Å². The van der Waals surface area contributed by atoms with E-state index in [1.807, 2.05) is 24.3 Å². The number of benzene rings is 2.